The first-order valence-electron chi connectivity index (χ1n) is 10.1. The van der Waals surface area contributed by atoms with Crippen LogP contribution in [-0.4, -0.2) is 56.1 Å². The van der Waals surface area contributed by atoms with Crippen LogP contribution in [0.4, 0.5) is 17.3 Å². The number of aryl methyl sites for hydroxylation is 1. The number of aromatic nitrogens is 2. The number of ether oxygens (including phenoxy) is 3. The first-order chi connectivity index (χ1) is 14.2. The highest BCUT2D eigenvalue weighted by Crippen LogP contribution is 2.32. The molecule has 2 aliphatic rings. The summed E-state index contributed by atoms with van der Waals surface area (Å²) in [5.74, 6) is 1.25. The van der Waals surface area contributed by atoms with Gasteiger partial charge < -0.3 is 24.4 Å². The highest BCUT2D eigenvalue weighted by atomic mass is 35.5. The van der Waals surface area contributed by atoms with Crippen LogP contribution in [0.15, 0.2) is 24.4 Å². The van der Waals surface area contributed by atoms with Crippen LogP contribution in [0.5, 0.6) is 5.75 Å². The molecule has 2 aliphatic heterocycles. The zero-order valence-electron chi connectivity index (χ0n) is 16.7. The Labute approximate surface area is 176 Å². The molecule has 7 nitrogen and oxygen atoms in total. The molecular weight excluding hydrogens is 392 g/mol. The zero-order valence-corrected chi connectivity index (χ0v) is 17.5. The van der Waals surface area contributed by atoms with Gasteiger partial charge in [-0.15, -0.1) is 0 Å². The summed E-state index contributed by atoms with van der Waals surface area (Å²) < 4.78 is 16.7. The molecule has 1 unspecified atom stereocenters. The molecule has 1 aromatic carbocycles. The number of benzene rings is 1. The number of methoxy groups -OCH3 is 1. The topological polar surface area (TPSA) is 68.7 Å². The highest BCUT2D eigenvalue weighted by molar-refractivity contribution is 6.31. The van der Waals surface area contributed by atoms with Gasteiger partial charge in [0.05, 0.1) is 49.0 Å². The number of morpholine rings is 1. The Balaban J connectivity index is 1.46. The van der Waals surface area contributed by atoms with E-state index in [4.69, 9.17) is 25.8 Å². The van der Waals surface area contributed by atoms with Crippen molar-refractivity contribution in [2.24, 2.45) is 0 Å². The number of hydrogen-bond acceptors (Lipinski definition) is 7. The lowest BCUT2D eigenvalue weighted by Crippen LogP contribution is -2.36. The molecule has 8 heteroatoms. The zero-order chi connectivity index (χ0) is 20.1. The summed E-state index contributed by atoms with van der Waals surface area (Å²) in [5, 5.41) is 3.86. The molecule has 156 valence electrons. The quantitative estimate of drug-likeness (QED) is 0.732. The summed E-state index contributed by atoms with van der Waals surface area (Å²) in [4.78, 5) is 11.2. The lowest BCUT2D eigenvalue weighted by Gasteiger charge is -2.29. The van der Waals surface area contributed by atoms with Crippen LogP contribution in [0.1, 0.15) is 25.0 Å². The molecule has 2 saturated heterocycles. The standard InChI is InChI=1S/C21H27ClN4O3/c1-27-20-13-15(26-8-11-28-12-9-26)4-6-19(20)25-21-23-14-17(22)18(24-21)7-5-16-3-2-10-29-16/h4,6,13-14,16H,2-3,5,7-12H2,1H3,(H,23,24,25). The van der Waals surface area contributed by atoms with E-state index < -0.39 is 0 Å². The highest BCUT2D eigenvalue weighted by Gasteiger charge is 2.17. The van der Waals surface area contributed by atoms with E-state index in [-0.39, 0.29) is 0 Å². The Morgan fingerprint density at radius 1 is 1.28 bits per heavy atom. The van der Waals surface area contributed by atoms with Crippen molar-refractivity contribution in [2.75, 3.05) is 50.2 Å². The van der Waals surface area contributed by atoms with Gasteiger partial charge in [0, 0.05) is 31.5 Å². The SMILES string of the molecule is COc1cc(N2CCOCC2)ccc1Nc1ncc(Cl)c(CCC2CCCO2)n1. The first-order valence-corrected chi connectivity index (χ1v) is 10.5. The lowest BCUT2D eigenvalue weighted by molar-refractivity contribution is 0.104. The van der Waals surface area contributed by atoms with Crippen LogP contribution < -0.4 is 15.0 Å². The van der Waals surface area contributed by atoms with Crippen molar-refractivity contribution in [3.63, 3.8) is 0 Å². The Bertz CT molecular complexity index is 824. The molecule has 0 aliphatic carbocycles. The maximum Gasteiger partial charge on any atom is 0.227 e. The minimum Gasteiger partial charge on any atom is -0.494 e. The molecule has 0 bridgehead atoms. The molecule has 3 heterocycles. The third-order valence-corrected chi connectivity index (χ3v) is 5.67. The summed E-state index contributed by atoms with van der Waals surface area (Å²) in [6.07, 6.45) is 5.90. The van der Waals surface area contributed by atoms with Gasteiger partial charge in [-0.1, -0.05) is 11.6 Å². The average Bonchev–Trinajstić information content (AvgIpc) is 3.28. The number of halogens is 1. The van der Waals surface area contributed by atoms with Gasteiger partial charge >= 0.3 is 0 Å². The number of rotatable bonds is 7. The van der Waals surface area contributed by atoms with Crippen LogP contribution >= 0.6 is 11.6 Å². The van der Waals surface area contributed by atoms with Gasteiger partial charge in [0.15, 0.2) is 0 Å². The first kappa shape index (κ1) is 20.2. The lowest BCUT2D eigenvalue weighted by atomic mass is 10.1. The Kier molecular flexibility index (Phi) is 6.69. The second kappa shape index (κ2) is 9.61. The fourth-order valence-electron chi connectivity index (χ4n) is 3.73. The predicted molar refractivity (Wildman–Crippen MR) is 114 cm³/mol. The normalized spacial score (nSPS) is 19.4. The Morgan fingerprint density at radius 2 is 2.14 bits per heavy atom. The van der Waals surface area contributed by atoms with Gasteiger partial charge in [0.25, 0.3) is 0 Å². The molecule has 4 rings (SSSR count). The molecular formula is C21H27ClN4O3. The molecule has 1 aromatic heterocycles. The van der Waals surface area contributed by atoms with Gasteiger partial charge in [-0.25, -0.2) is 9.97 Å². The van der Waals surface area contributed by atoms with Crippen LogP contribution in [0.3, 0.4) is 0 Å². The summed E-state index contributed by atoms with van der Waals surface area (Å²) in [7, 11) is 1.67. The molecule has 0 saturated carbocycles. The smallest absolute Gasteiger partial charge is 0.227 e. The Morgan fingerprint density at radius 3 is 2.90 bits per heavy atom. The van der Waals surface area contributed by atoms with E-state index in [0.717, 1.165) is 81.4 Å². The van der Waals surface area contributed by atoms with Crippen LogP contribution in [0.25, 0.3) is 0 Å². The van der Waals surface area contributed by atoms with Crippen LogP contribution in [0, 0.1) is 0 Å². The third kappa shape index (κ3) is 5.10. The molecule has 2 fully saturated rings. The van der Waals surface area contributed by atoms with E-state index in [1.807, 2.05) is 12.1 Å². The van der Waals surface area contributed by atoms with Gasteiger partial charge in [-0.3, -0.25) is 0 Å². The van der Waals surface area contributed by atoms with Crippen molar-refractivity contribution < 1.29 is 14.2 Å². The summed E-state index contributed by atoms with van der Waals surface area (Å²) in [6, 6.07) is 6.10. The molecule has 1 atom stereocenters. The van der Waals surface area contributed by atoms with Gasteiger partial charge in [0.1, 0.15) is 5.75 Å². The van der Waals surface area contributed by atoms with Crippen molar-refractivity contribution in [1.29, 1.82) is 0 Å². The number of hydrogen-bond donors (Lipinski definition) is 1. The average molecular weight is 419 g/mol. The van der Waals surface area contributed by atoms with Crippen molar-refractivity contribution >= 4 is 28.9 Å². The molecule has 29 heavy (non-hydrogen) atoms. The van der Waals surface area contributed by atoms with E-state index >= 15 is 0 Å². The molecule has 0 amide bonds. The number of anilines is 3. The second-order valence-corrected chi connectivity index (χ2v) is 7.68. The van der Waals surface area contributed by atoms with E-state index in [0.29, 0.717) is 17.1 Å². The van der Waals surface area contributed by atoms with Gasteiger partial charge in [0.2, 0.25) is 5.95 Å². The summed E-state index contributed by atoms with van der Waals surface area (Å²) >= 11 is 6.32. The fourth-order valence-corrected chi connectivity index (χ4v) is 3.92. The summed E-state index contributed by atoms with van der Waals surface area (Å²) in [5.41, 5.74) is 2.77. The minimum absolute atomic E-state index is 0.310. The van der Waals surface area contributed by atoms with Crippen molar-refractivity contribution in [2.45, 2.75) is 31.8 Å². The number of nitrogens with zero attached hydrogens (tertiary/aromatic N) is 3. The van der Waals surface area contributed by atoms with E-state index in [1.54, 1.807) is 13.3 Å². The maximum absolute atomic E-state index is 6.32. The monoisotopic (exact) mass is 418 g/mol. The largest absolute Gasteiger partial charge is 0.494 e. The maximum atomic E-state index is 6.32. The molecule has 2 aromatic rings. The van der Waals surface area contributed by atoms with Crippen molar-refractivity contribution in [3.05, 3.63) is 35.1 Å². The third-order valence-electron chi connectivity index (χ3n) is 5.35. The van der Waals surface area contributed by atoms with Gasteiger partial charge in [-0.05, 0) is 37.8 Å². The van der Waals surface area contributed by atoms with E-state index in [9.17, 15) is 0 Å². The van der Waals surface area contributed by atoms with Crippen molar-refractivity contribution in [3.8, 4) is 5.75 Å². The second-order valence-electron chi connectivity index (χ2n) is 7.27. The summed E-state index contributed by atoms with van der Waals surface area (Å²) in [6.45, 7) is 4.11. The molecule has 1 N–H and O–H groups in total. The van der Waals surface area contributed by atoms with Crippen LogP contribution in [-0.2, 0) is 15.9 Å². The minimum atomic E-state index is 0.310. The fraction of sp³-hybridized carbons (Fsp3) is 0.524. The van der Waals surface area contributed by atoms with Gasteiger partial charge in [-0.2, -0.15) is 0 Å². The van der Waals surface area contributed by atoms with Crippen LogP contribution in [0.2, 0.25) is 5.02 Å². The number of nitrogens with one attached hydrogen (secondary N) is 1. The van der Waals surface area contributed by atoms with E-state index in [1.165, 1.54) is 0 Å². The molecule has 0 spiro atoms. The predicted octanol–water partition coefficient (Wildman–Crippen LogP) is 3.83. The van der Waals surface area contributed by atoms with E-state index in [2.05, 4.69) is 26.3 Å². The Hall–Kier alpha value is -2.09. The van der Waals surface area contributed by atoms with Crippen molar-refractivity contribution in [1.82, 2.24) is 9.97 Å². The molecule has 0 radical (unpaired) electrons.